The van der Waals surface area contributed by atoms with Crippen LogP contribution >= 0.6 is 0 Å². The average Bonchev–Trinajstić information content (AvgIpc) is 3.22. The van der Waals surface area contributed by atoms with Crippen molar-refractivity contribution in [3.8, 4) is 0 Å². The van der Waals surface area contributed by atoms with Crippen LogP contribution in [0.1, 0.15) is 31.9 Å². The van der Waals surface area contributed by atoms with Crippen molar-refractivity contribution in [2.24, 2.45) is 4.99 Å². The first-order valence-electron chi connectivity index (χ1n) is 9.91. The molecule has 1 saturated heterocycles. The molecule has 2 N–H and O–H groups in total. The van der Waals surface area contributed by atoms with Crippen molar-refractivity contribution in [3.05, 3.63) is 42.2 Å². The molecule has 6 nitrogen and oxygen atoms in total. The summed E-state index contributed by atoms with van der Waals surface area (Å²) in [5.41, 5.74) is 0.991. The number of fused-ring (bicyclic) bond motifs is 1. The number of rotatable bonds is 9. The third kappa shape index (κ3) is 6.19. The van der Waals surface area contributed by atoms with E-state index in [9.17, 15) is 0 Å². The molecule has 1 unspecified atom stereocenters. The highest BCUT2D eigenvalue weighted by atomic mass is 16.5. The Hall–Kier alpha value is -2.18. The van der Waals surface area contributed by atoms with E-state index in [1.807, 2.05) is 24.4 Å². The Balaban J connectivity index is 1.44. The lowest BCUT2D eigenvalue weighted by Crippen LogP contribution is -2.38. The van der Waals surface area contributed by atoms with Gasteiger partial charge in [0.1, 0.15) is 0 Å². The Kier molecular flexibility index (Phi) is 7.86. The molecule has 6 heteroatoms. The van der Waals surface area contributed by atoms with Gasteiger partial charge in [0.25, 0.3) is 0 Å². The number of hydrogen-bond donors (Lipinski definition) is 2. The van der Waals surface area contributed by atoms with Gasteiger partial charge in [-0.15, -0.1) is 0 Å². The van der Waals surface area contributed by atoms with Gasteiger partial charge < -0.3 is 20.1 Å². The second kappa shape index (κ2) is 10.8. The minimum Gasteiger partial charge on any atom is -0.379 e. The van der Waals surface area contributed by atoms with Crippen LogP contribution in [0.5, 0.6) is 0 Å². The van der Waals surface area contributed by atoms with Gasteiger partial charge in [0, 0.05) is 37.9 Å². The lowest BCUT2D eigenvalue weighted by Gasteiger charge is -2.13. The third-order valence-corrected chi connectivity index (χ3v) is 4.57. The zero-order valence-electron chi connectivity index (χ0n) is 16.1. The molecule has 1 fully saturated rings. The molecule has 1 atom stereocenters. The monoisotopic (exact) mass is 370 g/mol. The number of benzene rings is 1. The van der Waals surface area contributed by atoms with Gasteiger partial charge in [-0.05, 0) is 37.6 Å². The summed E-state index contributed by atoms with van der Waals surface area (Å²) in [4.78, 5) is 9.19. The smallest absolute Gasteiger partial charge is 0.191 e. The minimum atomic E-state index is 0.296. The van der Waals surface area contributed by atoms with E-state index in [0.29, 0.717) is 19.3 Å². The molecule has 0 radical (unpaired) electrons. The molecular weight excluding hydrogens is 340 g/mol. The number of guanidine groups is 1. The van der Waals surface area contributed by atoms with Crippen LogP contribution in [-0.2, 0) is 16.0 Å². The molecule has 2 heterocycles. The maximum atomic E-state index is 5.70. The van der Waals surface area contributed by atoms with Crippen LogP contribution in [0.25, 0.3) is 10.8 Å². The molecule has 0 saturated carbocycles. The summed E-state index contributed by atoms with van der Waals surface area (Å²) < 4.78 is 11.3. The molecule has 1 aliphatic rings. The molecular formula is C21H30N4O2. The summed E-state index contributed by atoms with van der Waals surface area (Å²) >= 11 is 0. The van der Waals surface area contributed by atoms with Crippen LogP contribution in [0.2, 0.25) is 0 Å². The predicted octanol–water partition coefficient (Wildman–Crippen LogP) is 2.88. The van der Waals surface area contributed by atoms with Gasteiger partial charge in [-0.3, -0.25) is 4.98 Å². The van der Waals surface area contributed by atoms with Gasteiger partial charge >= 0.3 is 0 Å². The topological polar surface area (TPSA) is 67.8 Å². The van der Waals surface area contributed by atoms with Gasteiger partial charge in [0.15, 0.2) is 5.96 Å². The van der Waals surface area contributed by atoms with Crippen LogP contribution in [0.3, 0.4) is 0 Å². The first kappa shape index (κ1) is 19.6. The summed E-state index contributed by atoms with van der Waals surface area (Å²) in [6.07, 6.45) is 5.36. The Morgan fingerprint density at radius 1 is 1.30 bits per heavy atom. The number of aromatic nitrogens is 1. The zero-order valence-corrected chi connectivity index (χ0v) is 16.1. The average molecular weight is 370 g/mol. The summed E-state index contributed by atoms with van der Waals surface area (Å²) in [5, 5.41) is 9.00. The number of nitrogens with one attached hydrogen (secondary N) is 2. The van der Waals surface area contributed by atoms with Gasteiger partial charge in [-0.2, -0.15) is 0 Å². The molecule has 27 heavy (non-hydrogen) atoms. The summed E-state index contributed by atoms with van der Waals surface area (Å²) in [6.45, 7) is 6.58. The summed E-state index contributed by atoms with van der Waals surface area (Å²) in [5.74, 6) is 0.811. The van der Waals surface area contributed by atoms with Crippen molar-refractivity contribution >= 4 is 16.7 Å². The molecule has 1 aromatic carbocycles. The highest BCUT2D eigenvalue weighted by Crippen LogP contribution is 2.16. The molecule has 3 rings (SSSR count). The third-order valence-electron chi connectivity index (χ3n) is 4.57. The number of ether oxygens (including phenoxy) is 2. The van der Waals surface area contributed by atoms with Crippen LogP contribution in [0.4, 0.5) is 0 Å². The van der Waals surface area contributed by atoms with Gasteiger partial charge in [0.05, 0.1) is 24.9 Å². The second-order valence-corrected chi connectivity index (χ2v) is 6.66. The van der Waals surface area contributed by atoms with E-state index in [0.717, 1.165) is 62.6 Å². The van der Waals surface area contributed by atoms with E-state index in [2.05, 4.69) is 39.7 Å². The minimum absolute atomic E-state index is 0.296. The number of pyridine rings is 1. The fourth-order valence-electron chi connectivity index (χ4n) is 3.18. The largest absolute Gasteiger partial charge is 0.379 e. The van der Waals surface area contributed by atoms with E-state index in [1.54, 1.807) is 0 Å². The Bertz CT molecular complexity index is 724. The predicted molar refractivity (Wildman–Crippen MR) is 109 cm³/mol. The molecule has 2 aromatic rings. The molecule has 0 bridgehead atoms. The summed E-state index contributed by atoms with van der Waals surface area (Å²) in [6, 6.07) is 10.3. The number of nitrogens with zero attached hydrogens (tertiary/aromatic N) is 2. The van der Waals surface area contributed by atoms with Crippen LogP contribution in [0.15, 0.2) is 41.5 Å². The maximum Gasteiger partial charge on any atom is 0.191 e. The highest BCUT2D eigenvalue weighted by molar-refractivity contribution is 5.85. The zero-order chi connectivity index (χ0) is 18.7. The van der Waals surface area contributed by atoms with Crippen LogP contribution in [0, 0.1) is 0 Å². The van der Waals surface area contributed by atoms with Crippen molar-refractivity contribution in [3.63, 3.8) is 0 Å². The number of aliphatic imine (C=N–C) groups is 1. The fourth-order valence-corrected chi connectivity index (χ4v) is 3.18. The second-order valence-electron chi connectivity index (χ2n) is 6.66. The Morgan fingerprint density at radius 3 is 3.07 bits per heavy atom. The van der Waals surface area contributed by atoms with Crippen molar-refractivity contribution < 1.29 is 9.47 Å². The van der Waals surface area contributed by atoms with E-state index < -0.39 is 0 Å². The van der Waals surface area contributed by atoms with E-state index in [4.69, 9.17) is 9.47 Å². The summed E-state index contributed by atoms with van der Waals surface area (Å²) in [7, 11) is 0. The van der Waals surface area contributed by atoms with Crippen molar-refractivity contribution in [1.82, 2.24) is 15.6 Å². The molecule has 146 valence electrons. The highest BCUT2D eigenvalue weighted by Gasteiger charge is 2.14. The first-order chi connectivity index (χ1) is 13.4. The first-order valence-corrected chi connectivity index (χ1v) is 9.91. The Morgan fingerprint density at radius 2 is 2.22 bits per heavy atom. The molecule has 1 aliphatic heterocycles. The van der Waals surface area contributed by atoms with Crippen molar-refractivity contribution in [1.29, 1.82) is 0 Å². The van der Waals surface area contributed by atoms with E-state index >= 15 is 0 Å². The fraction of sp³-hybridized carbons (Fsp3) is 0.524. The van der Waals surface area contributed by atoms with Gasteiger partial charge in [0.2, 0.25) is 0 Å². The standard InChI is InChI=1S/C21H30N4O2/c1-2-22-21(24-11-6-13-26-16-18-8-5-14-27-18)25-15-20-19-9-4-3-7-17(19)10-12-23-20/h3-4,7,9-10,12,18H,2,5-6,8,11,13-16H2,1H3,(H2,22,24,25). The lowest BCUT2D eigenvalue weighted by molar-refractivity contribution is 0.0168. The SMILES string of the molecule is CCNC(=NCc1nccc2ccccc12)NCCCOCC1CCCO1. The normalized spacial score (nSPS) is 17.4. The van der Waals surface area contributed by atoms with Gasteiger partial charge in [-0.25, -0.2) is 4.99 Å². The Labute approximate surface area is 161 Å². The molecule has 0 amide bonds. The lowest BCUT2D eigenvalue weighted by atomic mass is 10.1. The van der Waals surface area contributed by atoms with Crippen molar-refractivity contribution in [2.45, 2.75) is 38.8 Å². The maximum absolute atomic E-state index is 5.70. The molecule has 0 spiro atoms. The van der Waals surface area contributed by atoms with Gasteiger partial charge in [-0.1, -0.05) is 24.3 Å². The van der Waals surface area contributed by atoms with E-state index in [-0.39, 0.29) is 0 Å². The quantitative estimate of drug-likeness (QED) is 0.404. The molecule has 0 aliphatic carbocycles. The van der Waals surface area contributed by atoms with Crippen LogP contribution < -0.4 is 10.6 Å². The van der Waals surface area contributed by atoms with E-state index in [1.165, 1.54) is 5.39 Å². The molecule has 1 aromatic heterocycles. The van der Waals surface area contributed by atoms with Crippen molar-refractivity contribution in [2.75, 3.05) is 32.9 Å². The number of hydrogen-bond acceptors (Lipinski definition) is 4. The van der Waals surface area contributed by atoms with Crippen LogP contribution in [-0.4, -0.2) is 50.0 Å².